The fourth-order valence-electron chi connectivity index (χ4n) is 3.06. The normalized spacial score (nSPS) is 17.4. The van der Waals surface area contributed by atoms with Gasteiger partial charge >= 0.3 is 0 Å². The van der Waals surface area contributed by atoms with E-state index in [4.69, 9.17) is 0 Å². The summed E-state index contributed by atoms with van der Waals surface area (Å²) in [4.78, 5) is 31.3. The van der Waals surface area contributed by atoms with Gasteiger partial charge in [0.1, 0.15) is 0 Å². The Labute approximate surface area is 134 Å². The molecule has 0 bridgehead atoms. The summed E-state index contributed by atoms with van der Waals surface area (Å²) in [6.07, 6.45) is -0.367. The Morgan fingerprint density at radius 1 is 1.26 bits per heavy atom. The van der Waals surface area contributed by atoms with Crippen molar-refractivity contribution in [2.45, 2.75) is 13.0 Å². The molecule has 6 heteroatoms. The Hall–Kier alpha value is -2.18. The number of carbonyl (C=O) groups is 1. The van der Waals surface area contributed by atoms with Crippen LogP contribution in [0.2, 0.25) is 0 Å². The van der Waals surface area contributed by atoms with Crippen molar-refractivity contribution in [2.75, 3.05) is 32.7 Å². The number of piperazine rings is 1. The van der Waals surface area contributed by atoms with Crippen molar-refractivity contribution in [1.82, 2.24) is 14.8 Å². The van der Waals surface area contributed by atoms with Gasteiger partial charge in [0.15, 0.2) is 0 Å². The first-order chi connectivity index (χ1) is 11.0. The van der Waals surface area contributed by atoms with E-state index in [0.717, 1.165) is 18.5 Å². The number of aliphatic hydroxyl groups is 1. The molecular weight excluding hydrogens is 294 g/mol. The standard InChI is InChI=1S/C17H21N3O3/c1-12(21)11-19-6-8-20(9-7-19)17(23)14-10-16(22)18-15-5-3-2-4-13(14)15/h2-5,10,12,21H,6-9,11H2,1H3,(H,18,22)/t12-/m0/s1. The number of para-hydroxylation sites is 1. The molecule has 0 spiro atoms. The van der Waals surface area contributed by atoms with E-state index in [1.54, 1.807) is 17.9 Å². The second-order valence-corrected chi connectivity index (χ2v) is 6.03. The smallest absolute Gasteiger partial charge is 0.254 e. The van der Waals surface area contributed by atoms with E-state index < -0.39 is 0 Å². The first kappa shape index (κ1) is 15.7. The third kappa shape index (κ3) is 3.43. The summed E-state index contributed by atoms with van der Waals surface area (Å²) in [6, 6.07) is 8.72. The van der Waals surface area contributed by atoms with E-state index in [1.807, 2.05) is 18.2 Å². The molecule has 23 heavy (non-hydrogen) atoms. The predicted octanol–water partition coefficient (Wildman–Crippen LogP) is 0.667. The number of rotatable bonds is 3. The zero-order chi connectivity index (χ0) is 16.4. The molecule has 1 amide bonds. The quantitative estimate of drug-likeness (QED) is 0.873. The van der Waals surface area contributed by atoms with Gasteiger partial charge < -0.3 is 15.0 Å². The van der Waals surface area contributed by atoms with Crippen LogP contribution in [0.3, 0.4) is 0 Å². The number of hydrogen-bond donors (Lipinski definition) is 2. The van der Waals surface area contributed by atoms with Crippen molar-refractivity contribution < 1.29 is 9.90 Å². The maximum absolute atomic E-state index is 12.8. The van der Waals surface area contributed by atoms with Crippen molar-refractivity contribution in [2.24, 2.45) is 0 Å². The van der Waals surface area contributed by atoms with Gasteiger partial charge in [-0.05, 0) is 13.0 Å². The largest absolute Gasteiger partial charge is 0.392 e. The fourth-order valence-corrected chi connectivity index (χ4v) is 3.06. The van der Waals surface area contributed by atoms with Gasteiger partial charge in [0.2, 0.25) is 5.56 Å². The Bertz CT molecular complexity index is 761. The number of pyridine rings is 1. The number of hydrogen-bond acceptors (Lipinski definition) is 4. The van der Waals surface area contributed by atoms with Crippen LogP contribution in [0.5, 0.6) is 0 Å². The number of benzene rings is 1. The summed E-state index contributed by atoms with van der Waals surface area (Å²) in [5.74, 6) is -0.107. The van der Waals surface area contributed by atoms with Gasteiger partial charge in [-0.15, -0.1) is 0 Å². The Morgan fingerprint density at radius 3 is 2.65 bits per heavy atom. The van der Waals surface area contributed by atoms with E-state index in [0.29, 0.717) is 30.7 Å². The maximum Gasteiger partial charge on any atom is 0.254 e. The monoisotopic (exact) mass is 315 g/mol. The van der Waals surface area contributed by atoms with Crippen molar-refractivity contribution in [3.63, 3.8) is 0 Å². The topological polar surface area (TPSA) is 76.6 Å². The zero-order valence-electron chi connectivity index (χ0n) is 13.2. The molecule has 1 atom stereocenters. The molecule has 3 rings (SSSR count). The number of carbonyl (C=O) groups excluding carboxylic acids is 1. The van der Waals surface area contributed by atoms with Crippen LogP contribution in [0.4, 0.5) is 0 Å². The van der Waals surface area contributed by atoms with Crippen LogP contribution in [0, 0.1) is 0 Å². The Kier molecular flexibility index (Phi) is 4.45. The number of nitrogens with one attached hydrogen (secondary N) is 1. The average molecular weight is 315 g/mol. The van der Waals surface area contributed by atoms with Crippen molar-refractivity contribution >= 4 is 16.8 Å². The summed E-state index contributed by atoms with van der Waals surface area (Å²) >= 11 is 0. The molecule has 0 aliphatic carbocycles. The van der Waals surface area contributed by atoms with E-state index in [9.17, 15) is 14.7 Å². The summed E-state index contributed by atoms with van der Waals surface area (Å²) in [5.41, 5.74) is 0.865. The Morgan fingerprint density at radius 2 is 1.96 bits per heavy atom. The summed E-state index contributed by atoms with van der Waals surface area (Å²) in [7, 11) is 0. The SMILES string of the molecule is C[C@H](O)CN1CCN(C(=O)c2cc(=O)[nH]c3ccccc23)CC1. The van der Waals surface area contributed by atoms with Gasteiger partial charge in [-0.25, -0.2) is 0 Å². The highest BCUT2D eigenvalue weighted by atomic mass is 16.3. The van der Waals surface area contributed by atoms with Crippen molar-refractivity contribution in [1.29, 1.82) is 0 Å². The molecule has 0 unspecified atom stereocenters. The number of aromatic amines is 1. The molecule has 6 nitrogen and oxygen atoms in total. The van der Waals surface area contributed by atoms with Crippen LogP contribution in [0.15, 0.2) is 35.1 Å². The van der Waals surface area contributed by atoms with Crippen LogP contribution < -0.4 is 5.56 Å². The van der Waals surface area contributed by atoms with Gasteiger partial charge in [0.25, 0.3) is 5.91 Å². The highest BCUT2D eigenvalue weighted by Crippen LogP contribution is 2.17. The number of amides is 1. The number of nitrogens with zero attached hydrogens (tertiary/aromatic N) is 2. The molecule has 1 fully saturated rings. The van der Waals surface area contributed by atoms with E-state index >= 15 is 0 Å². The van der Waals surface area contributed by atoms with Crippen LogP contribution in [0.25, 0.3) is 10.9 Å². The first-order valence-electron chi connectivity index (χ1n) is 7.86. The zero-order valence-corrected chi connectivity index (χ0v) is 13.2. The minimum absolute atomic E-state index is 0.107. The third-order valence-electron chi connectivity index (χ3n) is 4.16. The lowest BCUT2D eigenvalue weighted by Gasteiger charge is -2.35. The van der Waals surface area contributed by atoms with E-state index in [1.165, 1.54) is 6.07 Å². The predicted molar refractivity (Wildman–Crippen MR) is 88.6 cm³/mol. The number of fused-ring (bicyclic) bond motifs is 1. The van der Waals surface area contributed by atoms with Crippen molar-refractivity contribution in [3.8, 4) is 0 Å². The maximum atomic E-state index is 12.8. The minimum atomic E-state index is -0.367. The molecule has 122 valence electrons. The van der Waals surface area contributed by atoms with E-state index in [2.05, 4.69) is 9.88 Å². The third-order valence-corrected chi connectivity index (χ3v) is 4.16. The highest BCUT2D eigenvalue weighted by molar-refractivity contribution is 6.05. The minimum Gasteiger partial charge on any atom is -0.392 e. The van der Waals surface area contributed by atoms with Gasteiger partial charge in [-0.2, -0.15) is 0 Å². The molecule has 0 radical (unpaired) electrons. The molecule has 2 N–H and O–H groups in total. The van der Waals surface area contributed by atoms with Crippen molar-refractivity contribution in [3.05, 3.63) is 46.2 Å². The molecule has 1 aliphatic heterocycles. The fraction of sp³-hybridized carbons (Fsp3) is 0.412. The molecule has 2 aromatic rings. The van der Waals surface area contributed by atoms with E-state index in [-0.39, 0.29) is 17.6 Å². The molecule has 0 saturated carbocycles. The van der Waals surface area contributed by atoms with Gasteiger partial charge in [0, 0.05) is 49.7 Å². The Balaban J connectivity index is 1.81. The second kappa shape index (κ2) is 6.52. The lowest BCUT2D eigenvalue weighted by Crippen LogP contribution is -2.50. The lowest BCUT2D eigenvalue weighted by molar-refractivity contribution is 0.0555. The number of aromatic nitrogens is 1. The van der Waals surface area contributed by atoms with Crippen LogP contribution in [-0.4, -0.2) is 64.6 Å². The highest BCUT2D eigenvalue weighted by Gasteiger charge is 2.24. The summed E-state index contributed by atoms with van der Waals surface area (Å²) in [5, 5.41) is 10.2. The summed E-state index contributed by atoms with van der Waals surface area (Å²) in [6.45, 7) is 5.06. The van der Waals surface area contributed by atoms with Gasteiger partial charge in [-0.1, -0.05) is 18.2 Å². The molecule has 1 aliphatic rings. The van der Waals surface area contributed by atoms with Gasteiger partial charge in [-0.3, -0.25) is 14.5 Å². The van der Waals surface area contributed by atoms with Gasteiger partial charge in [0.05, 0.1) is 11.7 Å². The summed E-state index contributed by atoms with van der Waals surface area (Å²) < 4.78 is 0. The first-order valence-corrected chi connectivity index (χ1v) is 7.86. The average Bonchev–Trinajstić information content (AvgIpc) is 2.53. The molecule has 1 saturated heterocycles. The molecule has 1 aromatic heterocycles. The van der Waals surface area contributed by atoms with Crippen LogP contribution >= 0.6 is 0 Å². The van der Waals surface area contributed by atoms with Crippen LogP contribution in [-0.2, 0) is 0 Å². The molecule has 1 aromatic carbocycles. The van der Waals surface area contributed by atoms with Crippen LogP contribution in [0.1, 0.15) is 17.3 Å². The molecular formula is C17H21N3O3. The second-order valence-electron chi connectivity index (χ2n) is 6.03. The lowest BCUT2D eigenvalue weighted by atomic mass is 10.1. The number of β-amino-alcohol motifs (C(OH)–C–C–N with tert-alkyl or cyclic N) is 1. The molecule has 2 heterocycles. The number of H-pyrrole nitrogens is 1. The number of aliphatic hydroxyl groups excluding tert-OH is 1.